The van der Waals surface area contributed by atoms with Gasteiger partial charge in [0.1, 0.15) is 11.9 Å². The van der Waals surface area contributed by atoms with Gasteiger partial charge in [0.05, 0.1) is 0 Å². The van der Waals surface area contributed by atoms with Crippen LogP contribution in [-0.2, 0) is 13.0 Å². The molecule has 1 saturated heterocycles. The summed E-state index contributed by atoms with van der Waals surface area (Å²) < 4.78 is 6.36. The number of para-hydroxylation sites is 1. The second-order valence-electron chi connectivity index (χ2n) is 9.69. The molecule has 34 heavy (non-hydrogen) atoms. The lowest BCUT2D eigenvalue weighted by Crippen LogP contribution is -2.39. The Morgan fingerprint density at radius 3 is 2.41 bits per heavy atom. The van der Waals surface area contributed by atoms with Crippen molar-refractivity contribution in [1.82, 2.24) is 14.8 Å². The summed E-state index contributed by atoms with van der Waals surface area (Å²) >= 11 is 0. The second kappa shape index (κ2) is 10.5. The summed E-state index contributed by atoms with van der Waals surface area (Å²) in [4.78, 5) is 8.18. The van der Waals surface area contributed by atoms with Crippen molar-refractivity contribution < 1.29 is 4.74 Å². The first kappa shape index (κ1) is 22.7. The number of benzene rings is 3. The van der Waals surface area contributed by atoms with Crippen molar-refractivity contribution in [3.8, 4) is 16.9 Å². The molecule has 4 aromatic rings. The Morgan fingerprint density at radius 2 is 1.62 bits per heavy atom. The van der Waals surface area contributed by atoms with Gasteiger partial charge in [-0.1, -0.05) is 54.6 Å². The minimum Gasteiger partial charge on any atom is -0.490 e. The smallest absolute Gasteiger partial charge is 0.119 e. The first-order chi connectivity index (χ1) is 16.7. The average Bonchev–Trinajstić information content (AvgIpc) is 3.27. The Bertz CT molecular complexity index is 1200. The van der Waals surface area contributed by atoms with Crippen LogP contribution in [0.2, 0.25) is 0 Å². The van der Waals surface area contributed by atoms with Gasteiger partial charge >= 0.3 is 0 Å². The van der Waals surface area contributed by atoms with Gasteiger partial charge in [0.2, 0.25) is 0 Å². The van der Waals surface area contributed by atoms with E-state index in [4.69, 9.17) is 4.74 Å². The van der Waals surface area contributed by atoms with Crippen molar-refractivity contribution in [3.05, 3.63) is 90.1 Å². The third kappa shape index (κ3) is 5.35. The van der Waals surface area contributed by atoms with Crippen molar-refractivity contribution in [1.29, 1.82) is 0 Å². The minimum absolute atomic E-state index is 0.302. The molecule has 176 valence electrons. The van der Waals surface area contributed by atoms with Gasteiger partial charge in [-0.2, -0.15) is 0 Å². The molecule has 1 aliphatic rings. The molecular weight excluding hydrogens is 418 g/mol. The van der Waals surface area contributed by atoms with E-state index in [0.717, 1.165) is 51.2 Å². The topological polar surface area (TPSA) is 31.5 Å². The molecule has 0 bridgehead atoms. The fourth-order valence-corrected chi connectivity index (χ4v) is 5.05. The lowest BCUT2D eigenvalue weighted by Gasteiger charge is -2.32. The van der Waals surface area contributed by atoms with Crippen LogP contribution in [0.5, 0.6) is 5.75 Å². The highest BCUT2D eigenvalue weighted by molar-refractivity contribution is 5.83. The monoisotopic (exact) mass is 453 g/mol. The number of likely N-dealkylation sites (tertiary alicyclic amines) is 1. The lowest BCUT2D eigenvalue weighted by molar-refractivity contribution is 0.101. The highest BCUT2D eigenvalue weighted by atomic mass is 16.5. The molecular formula is C30H35N3O. The van der Waals surface area contributed by atoms with E-state index in [1.807, 2.05) is 0 Å². The summed E-state index contributed by atoms with van der Waals surface area (Å²) in [6, 6.07) is 25.9. The predicted molar refractivity (Wildman–Crippen MR) is 141 cm³/mol. The largest absolute Gasteiger partial charge is 0.490 e. The number of H-pyrrole nitrogens is 1. The van der Waals surface area contributed by atoms with Crippen molar-refractivity contribution in [3.63, 3.8) is 0 Å². The zero-order valence-corrected chi connectivity index (χ0v) is 20.3. The number of ether oxygens (including phenoxy) is 1. The van der Waals surface area contributed by atoms with E-state index in [1.54, 1.807) is 0 Å². The zero-order valence-electron chi connectivity index (χ0n) is 20.3. The van der Waals surface area contributed by atoms with Crippen LogP contribution in [0.25, 0.3) is 22.0 Å². The molecule has 4 heteroatoms. The summed E-state index contributed by atoms with van der Waals surface area (Å²) in [7, 11) is 4.22. The van der Waals surface area contributed by atoms with Gasteiger partial charge in [-0.3, -0.25) is 0 Å². The van der Waals surface area contributed by atoms with Gasteiger partial charge in [-0.25, -0.2) is 0 Å². The third-order valence-electron chi connectivity index (χ3n) is 6.88. The summed E-state index contributed by atoms with van der Waals surface area (Å²) in [6.45, 7) is 4.25. The van der Waals surface area contributed by atoms with Crippen LogP contribution >= 0.6 is 0 Å². The molecule has 0 radical (unpaired) electrons. The normalized spacial score (nSPS) is 15.3. The van der Waals surface area contributed by atoms with Gasteiger partial charge in [0, 0.05) is 43.3 Å². The van der Waals surface area contributed by atoms with Crippen molar-refractivity contribution in [2.75, 3.05) is 33.7 Å². The maximum Gasteiger partial charge on any atom is 0.119 e. The third-order valence-corrected chi connectivity index (χ3v) is 6.88. The SMILES string of the molecule is CN(C)Cc1ccccc1-c1ccc(OC2CCN(CCc3c[nH]c4ccccc34)CC2)cc1. The number of nitrogens with zero attached hydrogens (tertiary/aromatic N) is 2. The quantitative estimate of drug-likeness (QED) is 0.356. The summed E-state index contributed by atoms with van der Waals surface area (Å²) in [5.74, 6) is 0.978. The average molecular weight is 454 g/mol. The molecule has 1 fully saturated rings. The van der Waals surface area contributed by atoms with Crippen molar-refractivity contribution >= 4 is 10.9 Å². The number of hydrogen-bond donors (Lipinski definition) is 1. The van der Waals surface area contributed by atoms with E-state index in [9.17, 15) is 0 Å². The Hall–Kier alpha value is -3.08. The number of fused-ring (bicyclic) bond motifs is 1. The maximum absolute atomic E-state index is 6.36. The van der Waals surface area contributed by atoms with Gasteiger partial charge in [0.15, 0.2) is 0 Å². The maximum atomic E-state index is 6.36. The fraction of sp³-hybridized carbons (Fsp3) is 0.333. The van der Waals surface area contributed by atoms with Crippen LogP contribution in [0.4, 0.5) is 0 Å². The van der Waals surface area contributed by atoms with E-state index < -0.39 is 0 Å². The number of rotatable bonds is 8. The van der Waals surface area contributed by atoms with Crippen molar-refractivity contribution in [2.45, 2.75) is 31.9 Å². The van der Waals surface area contributed by atoms with E-state index in [1.165, 1.54) is 33.2 Å². The molecule has 1 aromatic heterocycles. The van der Waals surface area contributed by atoms with Crippen LogP contribution in [0.15, 0.2) is 79.0 Å². The van der Waals surface area contributed by atoms with Gasteiger partial charge in [-0.05, 0) is 73.8 Å². The van der Waals surface area contributed by atoms with Crippen LogP contribution in [0.3, 0.4) is 0 Å². The molecule has 5 rings (SSSR count). The number of hydrogen-bond acceptors (Lipinski definition) is 3. The molecule has 1 N–H and O–H groups in total. The molecule has 4 nitrogen and oxygen atoms in total. The summed E-state index contributed by atoms with van der Waals surface area (Å²) in [6.07, 6.45) is 5.73. The molecule has 1 aliphatic heterocycles. The molecule has 2 heterocycles. The zero-order chi connectivity index (χ0) is 23.3. The highest BCUT2D eigenvalue weighted by Gasteiger charge is 2.20. The molecule has 0 unspecified atom stereocenters. The first-order valence-electron chi connectivity index (χ1n) is 12.4. The molecule has 0 amide bonds. The van der Waals surface area contributed by atoms with Crippen LogP contribution in [0.1, 0.15) is 24.0 Å². The lowest BCUT2D eigenvalue weighted by atomic mass is 9.99. The van der Waals surface area contributed by atoms with Crippen LogP contribution in [0, 0.1) is 0 Å². The molecule has 0 aliphatic carbocycles. The van der Waals surface area contributed by atoms with Crippen LogP contribution in [-0.4, -0.2) is 54.6 Å². The first-order valence-corrected chi connectivity index (χ1v) is 12.4. The molecule has 3 aromatic carbocycles. The van der Waals surface area contributed by atoms with E-state index in [0.29, 0.717) is 6.10 Å². The van der Waals surface area contributed by atoms with Gasteiger partial charge in [-0.15, -0.1) is 0 Å². The van der Waals surface area contributed by atoms with E-state index in [2.05, 4.69) is 108 Å². The van der Waals surface area contributed by atoms with Gasteiger partial charge < -0.3 is 19.5 Å². The minimum atomic E-state index is 0.302. The second-order valence-corrected chi connectivity index (χ2v) is 9.69. The summed E-state index contributed by atoms with van der Waals surface area (Å²) in [5.41, 5.74) is 6.54. The van der Waals surface area contributed by atoms with Crippen LogP contribution < -0.4 is 4.74 Å². The highest BCUT2D eigenvalue weighted by Crippen LogP contribution is 2.28. The number of aromatic amines is 1. The number of aromatic nitrogens is 1. The predicted octanol–water partition coefficient (Wildman–Crippen LogP) is 5.98. The van der Waals surface area contributed by atoms with E-state index >= 15 is 0 Å². The van der Waals surface area contributed by atoms with E-state index in [-0.39, 0.29) is 0 Å². The standard InChI is InChI=1S/C30H35N3O/c1-32(2)22-25-7-3-4-8-28(25)23-11-13-26(14-12-23)34-27-16-19-33(20-17-27)18-15-24-21-31-30-10-6-5-9-29(24)30/h3-14,21,27,31H,15-20,22H2,1-2H3. The summed E-state index contributed by atoms with van der Waals surface area (Å²) in [5, 5.41) is 1.36. The van der Waals surface area contributed by atoms with Gasteiger partial charge in [0.25, 0.3) is 0 Å². The molecule has 0 atom stereocenters. The van der Waals surface area contributed by atoms with Crippen molar-refractivity contribution in [2.24, 2.45) is 0 Å². The fourth-order valence-electron chi connectivity index (χ4n) is 5.05. The molecule has 0 spiro atoms. The Labute approximate surface area is 203 Å². The Morgan fingerprint density at radius 1 is 0.882 bits per heavy atom. The Balaban J connectivity index is 1.13. The number of piperidine rings is 1. The molecule has 0 saturated carbocycles. The number of nitrogens with one attached hydrogen (secondary N) is 1. The Kier molecular flexibility index (Phi) is 6.98.